The van der Waals surface area contributed by atoms with Crippen molar-refractivity contribution in [3.05, 3.63) is 40.4 Å². The molecule has 0 fully saturated rings. The van der Waals surface area contributed by atoms with E-state index in [1.807, 2.05) is 0 Å². The van der Waals surface area contributed by atoms with Gasteiger partial charge in [0.25, 0.3) is 0 Å². The van der Waals surface area contributed by atoms with Crippen LogP contribution in [0.3, 0.4) is 0 Å². The summed E-state index contributed by atoms with van der Waals surface area (Å²) in [5.41, 5.74) is 9.32. The molecule has 0 aliphatic heterocycles. The van der Waals surface area contributed by atoms with Crippen molar-refractivity contribution in [3.8, 4) is 10.6 Å². The molecule has 2 nitrogen and oxygen atoms in total. The number of rotatable bonds is 3. The molecule has 84 valence electrons. The SMILES string of the molecule is CCc1nc(-c2cccc(C)c2)sc1CN. The molecule has 1 aromatic carbocycles. The first-order valence-electron chi connectivity index (χ1n) is 5.50. The van der Waals surface area contributed by atoms with E-state index >= 15 is 0 Å². The second kappa shape index (κ2) is 4.76. The molecule has 2 rings (SSSR count). The monoisotopic (exact) mass is 232 g/mol. The average molecular weight is 232 g/mol. The van der Waals surface area contributed by atoms with Gasteiger partial charge in [-0.1, -0.05) is 30.7 Å². The second-order valence-corrected chi connectivity index (χ2v) is 4.90. The molecule has 0 aliphatic carbocycles. The third-order valence-corrected chi connectivity index (χ3v) is 3.73. The van der Waals surface area contributed by atoms with Crippen molar-refractivity contribution >= 4 is 11.3 Å². The highest BCUT2D eigenvalue weighted by molar-refractivity contribution is 7.15. The molecule has 0 spiro atoms. The van der Waals surface area contributed by atoms with Gasteiger partial charge in [0, 0.05) is 17.0 Å². The van der Waals surface area contributed by atoms with Gasteiger partial charge >= 0.3 is 0 Å². The van der Waals surface area contributed by atoms with Crippen LogP contribution >= 0.6 is 11.3 Å². The van der Waals surface area contributed by atoms with E-state index in [0.717, 1.165) is 17.1 Å². The molecule has 16 heavy (non-hydrogen) atoms. The Bertz CT molecular complexity index is 467. The van der Waals surface area contributed by atoms with E-state index in [1.165, 1.54) is 16.0 Å². The van der Waals surface area contributed by atoms with Gasteiger partial charge in [0.05, 0.1) is 5.69 Å². The highest BCUT2D eigenvalue weighted by Crippen LogP contribution is 2.28. The van der Waals surface area contributed by atoms with Crippen LogP contribution in [0.1, 0.15) is 23.1 Å². The van der Waals surface area contributed by atoms with Crippen LogP contribution in [0.2, 0.25) is 0 Å². The van der Waals surface area contributed by atoms with E-state index < -0.39 is 0 Å². The summed E-state index contributed by atoms with van der Waals surface area (Å²) >= 11 is 1.71. The van der Waals surface area contributed by atoms with E-state index in [2.05, 4.69) is 43.1 Å². The zero-order valence-electron chi connectivity index (χ0n) is 9.66. The third kappa shape index (κ3) is 2.15. The van der Waals surface area contributed by atoms with Crippen molar-refractivity contribution in [2.45, 2.75) is 26.8 Å². The Morgan fingerprint density at radius 2 is 2.19 bits per heavy atom. The molecular weight excluding hydrogens is 216 g/mol. The number of benzene rings is 1. The van der Waals surface area contributed by atoms with E-state index in [4.69, 9.17) is 5.73 Å². The van der Waals surface area contributed by atoms with E-state index in [0.29, 0.717) is 6.54 Å². The number of nitrogens with two attached hydrogens (primary N) is 1. The highest BCUT2D eigenvalue weighted by atomic mass is 32.1. The fraction of sp³-hybridized carbons (Fsp3) is 0.308. The van der Waals surface area contributed by atoms with Crippen molar-refractivity contribution in [3.63, 3.8) is 0 Å². The molecule has 0 unspecified atom stereocenters. The van der Waals surface area contributed by atoms with Crippen LogP contribution in [0.25, 0.3) is 10.6 Å². The van der Waals surface area contributed by atoms with Gasteiger partial charge in [-0.3, -0.25) is 0 Å². The fourth-order valence-electron chi connectivity index (χ4n) is 1.72. The predicted molar refractivity (Wildman–Crippen MR) is 69.6 cm³/mol. The number of aromatic nitrogens is 1. The minimum absolute atomic E-state index is 0.590. The topological polar surface area (TPSA) is 38.9 Å². The molecule has 1 heterocycles. The standard InChI is InChI=1S/C13H16N2S/c1-3-11-12(8-14)16-13(15-11)10-6-4-5-9(2)7-10/h4-7H,3,8,14H2,1-2H3. The summed E-state index contributed by atoms with van der Waals surface area (Å²) < 4.78 is 0. The van der Waals surface area contributed by atoms with Crippen LogP contribution in [0.15, 0.2) is 24.3 Å². The van der Waals surface area contributed by atoms with Gasteiger partial charge in [-0.2, -0.15) is 0 Å². The van der Waals surface area contributed by atoms with Crippen LogP contribution in [0, 0.1) is 6.92 Å². The first-order valence-corrected chi connectivity index (χ1v) is 6.32. The molecule has 2 aromatic rings. The lowest BCUT2D eigenvalue weighted by Gasteiger charge is -1.97. The Kier molecular flexibility index (Phi) is 3.36. The number of thiazole rings is 1. The van der Waals surface area contributed by atoms with Crippen molar-refractivity contribution in [1.82, 2.24) is 4.98 Å². The van der Waals surface area contributed by atoms with Gasteiger partial charge in [0.1, 0.15) is 5.01 Å². The Hall–Kier alpha value is -1.19. The summed E-state index contributed by atoms with van der Waals surface area (Å²) in [6, 6.07) is 8.44. The molecule has 0 bridgehead atoms. The van der Waals surface area contributed by atoms with E-state index in [9.17, 15) is 0 Å². The van der Waals surface area contributed by atoms with Gasteiger partial charge < -0.3 is 5.73 Å². The second-order valence-electron chi connectivity index (χ2n) is 3.82. The van der Waals surface area contributed by atoms with Gasteiger partial charge in [0.15, 0.2) is 0 Å². The predicted octanol–water partition coefficient (Wildman–Crippen LogP) is 3.14. The third-order valence-electron chi connectivity index (χ3n) is 2.56. The van der Waals surface area contributed by atoms with Crippen LogP contribution in [0.5, 0.6) is 0 Å². The molecule has 0 radical (unpaired) electrons. The molecule has 0 atom stereocenters. The molecule has 0 saturated heterocycles. The molecule has 2 N–H and O–H groups in total. The summed E-state index contributed by atoms with van der Waals surface area (Å²) in [5.74, 6) is 0. The molecular formula is C13H16N2S. The zero-order valence-corrected chi connectivity index (χ0v) is 10.5. The summed E-state index contributed by atoms with van der Waals surface area (Å²) in [4.78, 5) is 5.86. The van der Waals surface area contributed by atoms with Crippen LogP contribution < -0.4 is 5.73 Å². The quantitative estimate of drug-likeness (QED) is 0.883. The summed E-state index contributed by atoms with van der Waals surface area (Å²) in [5, 5.41) is 1.08. The average Bonchev–Trinajstić information content (AvgIpc) is 2.72. The lowest BCUT2D eigenvalue weighted by molar-refractivity contribution is 0.989. The number of nitrogens with zero attached hydrogens (tertiary/aromatic N) is 1. The maximum absolute atomic E-state index is 5.72. The maximum Gasteiger partial charge on any atom is 0.123 e. The first-order chi connectivity index (χ1) is 7.74. The Balaban J connectivity index is 2.44. The van der Waals surface area contributed by atoms with Crippen molar-refractivity contribution in [1.29, 1.82) is 0 Å². The normalized spacial score (nSPS) is 10.7. The summed E-state index contributed by atoms with van der Waals surface area (Å²) in [6.07, 6.45) is 0.953. The van der Waals surface area contributed by atoms with Gasteiger partial charge in [-0.05, 0) is 19.4 Å². The molecule has 0 amide bonds. The Labute approximate surface area is 100 Å². The Morgan fingerprint density at radius 1 is 1.38 bits per heavy atom. The fourth-order valence-corrected chi connectivity index (χ4v) is 2.75. The lowest BCUT2D eigenvalue weighted by Crippen LogP contribution is -1.96. The minimum Gasteiger partial charge on any atom is -0.326 e. The van der Waals surface area contributed by atoms with Crippen molar-refractivity contribution in [2.75, 3.05) is 0 Å². The van der Waals surface area contributed by atoms with Gasteiger partial charge in [-0.25, -0.2) is 4.98 Å². The van der Waals surface area contributed by atoms with Gasteiger partial charge in [0.2, 0.25) is 0 Å². The molecule has 0 saturated carbocycles. The number of hydrogen-bond donors (Lipinski definition) is 1. The number of aryl methyl sites for hydroxylation is 2. The van der Waals surface area contributed by atoms with Crippen LogP contribution in [-0.2, 0) is 13.0 Å². The summed E-state index contributed by atoms with van der Waals surface area (Å²) in [7, 11) is 0. The summed E-state index contributed by atoms with van der Waals surface area (Å²) in [6.45, 7) is 4.81. The van der Waals surface area contributed by atoms with Crippen LogP contribution in [0.4, 0.5) is 0 Å². The molecule has 0 aliphatic rings. The highest BCUT2D eigenvalue weighted by Gasteiger charge is 2.09. The van der Waals surface area contributed by atoms with Crippen LogP contribution in [-0.4, -0.2) is 4.98 Å². The minimum atomic E-state index is 0.590. The maximum atomic E-state index is 5.72. The van der Waals surface area contributed by atoms with E-state index in [-0.39, 0.29) is 0 Å². The largest absolute Gasteiger partial charge is 0.326 e. The van der Waals surface area contributed by atoms with Crippen molar-refractivity contribution < 1.29 is 0 Å². The Morgan fingerprint density at radius 3 is 2.75 bits per heavy atom. The van der Waals surface area contributed by atoms with Gasteiger partial charge in [-0.15, -0.1) is 11.3 Å². The zero-order chi connectivity index (χ0) is 11.5. The number of hydrogen-bond acceptors (Lipinski definition) is 3. The molecule has 3 heteroatoms. The van der Waals surface area contributed by atoms with Crippen molar-refractivity contribution in [2.24, 2.45) is 5.73 Å². The first kappa shape index (κ1) is 11.3. The molecule has 1 aromatic heterocycles. The smallest absolute Gasteiger partial charge is 0.123 e. The van der Waals surface area contributed by atoms with E-state index in [1.54, 1.807) is 11.3 Å². The lowest BCUT2D eigenvalue weighted by atomic mass is 10.1.